The largest absolute Gasteiger partial charge is 0.494 e. The molecule has 0 aliphatic carbocycles. The molecule has 8 rings (SSSR count). The van der Waals surface area contributed by atoms with Gasteiger partial charge in [0.25, 0.3) is 0 Å². The highest BCUT2D eigenvalue weighted by molar-refractivity contribution is 6.62. The molecule has 0 atom stereocenters. The molecule has 0 unspecified atom stereocenters. The lowest BCUT2D eigenvalue weighted by molar-refractivity contribution is 0.00578. The molecule has 0 radical (unpaired) electrons. The van der Waals surface area contributed by atoms with Gasteiger partial charge in [0.05, 0.1) is 11.2 Å². The van der Waals surface area contributed by atoms with Gasteiger partial charge < -0.3 is 13.7 Å². The normalized spacial score (nSPS) is 17.1. The van der Waals surface area contributed by atoms with Gasteiger partial charge in [-0.05, 0) is 107 Å². The topological polar surface area (TPSA) is 31.6 Å². The second-order valence-electron chi connectivity index (χ2n) is 11.6. The van der Waals surface area contributed by atoms with E-state index in [1.807, 2.05) is 6.07 Å². The zero-order chi connectivity index (χ0) is 25.8. The van der Waals surface area contributed by atoms with Crippen LogP contribution >= 0.6 is 0 Å². The lowest BCUT2D eigenvalue weighted by Crippen LogP contribution is -2.41. The van der Waals surface area contributed by atoms with Crippen LogP contribution in [0.25, 0.3) is 65.0 Å². The van der Waals surface area contributed by atoms with E-state index in [0.29, 0.717) is 0 Å². The molecule has 1 fully saturated rings. The van der Waals surface area contributed by atoms with Crippen molar-refractivity contribution in [3.05, 3.63) is 91.0 Å². The molecule has 0 bridgehead atoms. The molecule has 0 spiro atoms. The Labute approximate surface area is 221 Å². The molecule has 1 saturated heterocycles. The lowest BCUT2D eigenvalue weighted by Gasteiger charge is -2.32. The van der Waals surface area contributed by atoms with Gasteiger partial charge in [0, 0.05) is 10.8 Å². The minimum atomic E-state index is -0.409. The molecule has 184 valence electrons. The molecule has 7 aromatic rings. The highest BCUT2D eigenvalue weighted by Crippen LogP contribution is 2.41. The van der Waals surface area contributed by atoms with Crippen molar-refractivity contribution in [3.8, 4) is 0 Å². The number of fused-ring (bicyclic) bond motifs is 10. The maximum atomic E-state index is 6.43. The molecule has 6 aromatic carbocycles. The van der Waals surface area contributed by atoms with Crippen LogP contribution in [0.4, 0.5) is 0 Å². The second kappa shape index (κ2) is 7.38. The van der Waals surface area contributed by atoms with E-state index in [0.717, 1.165) is 27.4 Å². The fourth-order valence-electron chi connectivity index (χ4n) is 6.05. The summed E-state index contributed by atoms with van der Waals surface area (Å²) in [5.74, 6) is 0. The van der Waals surface area contributed by atoms with Crippen molar-refractivity contribution in [2.24, 2.45) is 0 Å². The Kier molecular flexibility index (Phi) is 4.30. The molecule has 1 aliphatic rings. The first-order valence-electron chi connectivity index (χ1n) is 13.3. The summed E-state index contributed by atoms with van der Waals surface area (Å²) in [6.07, 6.45) is 0. The molecule has 1 aromatic heterocycles. The third-order valence-electron chi connectivity index (χ3n) is 8.84. The lowest BCUT2D eigenvalue weighted by atomic mass is 9.78. The number of rotatable bonds is 1. The zero-order valence-electron chi connectivity index (χ0n) is 22.0. The quantitative estimate of drug-likeness (QED) is 0.130. The Bertz CT molecular complexity index is 2080. The van der Waals surface area contributed by atoms with Gasteiger partial charge in [-0.3, -0.25) is 0 Å². The molecule has 1 aliphatic heterocycles. The maximum Gasteiger partial charge on any atom is 0.494 e. The molecule has 3 nitrogen and oxygen atoms in total. The van der Waals surface area contributed by atoms with Crippen LogP contribution in [-0.4, -0.2) is 18.3 Å². The zero-order valence-corrected chi connectivity index (χ0v) is 22.0. The van der Waals surface area contributed by atoms with Gasteiger partial charge in [-0.2, -0.15) is 0 Å². The summed E-state index contributed by atoms with van der Waals surface area (Å²) in [6.45, 7) is 8.35. The van der Waals surface area contributed by atoms with E-state index in [4.69, 9.17) is 13.7 Å². The fraction of sp³-hybridized carbons (Fsp3) is 0.176. The SMILES string of the molecule is CC1(C)OB(c2ccc3oc4cc5c6cc7ccccc7cc6c6ccccc6c5cc4c3c2)OC1(C)C. The van der Waals surface area contributed by atoms with Gasteiger partial charge in [-0.15, -0.1) is 0 Å². The minimum Gasteiger partial charge on any atom is -0.456 e. The van der Waals surface area contributed by atoms with Gasteiger partial charge >= 0.3 is 7.12 Å². The van der Waals surface area contributed by atoms with Gasteiger partial charge in [0.15, 0.2) is 0 Å². The average molecular weight is 494 g/mol. The summed E-state index contributed by atoms with van der Waals surface area (Å²) < 4.78 is 19.1. The van der Waals surface area contributed by atoms with Crippen molar-refractivity contribution in [2.45, 2.75) is 38.9 Å². The summed E-state index contributed by atoms with van der Waals surface area (Å²) >= 11 is 0. The molecular formula is C34H27BO3. The van der Waals surface area contributed by atoms with Crippen LogP contribution in [0, 0.1) is 0 Å². The number of hydrogen-bond donors (Lipinski definition) is 0. The Morgan fingerprint density at radius 2 is 1.00 bits per heavy atom. The van der Waals surface area contributed by atoms with Crippen LogP contribution in [0.3, 0.4) is 0 Å². The van der Waals surface area contributed by atoms with E-state index in [9.17, 15) is 0 Å². The summed E-state index contributed by atoms with van der Waals surface area (Å²) in [6, 6.07) is 32.8. The molecule has 0 saturated carbocycles. The van der Waals surface area contributed by atoms with Crippen molar-refractivity contribution in [1.29, 1.82) is 0 Å². The van der Waals surface area contributed by atoms with Crippen molar-refractivity contribution < 1.29 is 13.7 Å². The van der Waals surface area contributed by atoms with E-state index < -0.39 is 7.12 Å². The highest BCUT2D eigenvalue weighted by atomic mass is 16.7. The van der Waals surface area contributed by atoms with E-state index >= 15 is 0 Å². The van der Waals surface area contributed by atoms with Crippen LogP contribution in [0.5, 0.6) is 0 Å². The fourth-order valence-corrected chi connectivity index (χ4v) is 6.05. The summed E-state index contributed by atoms with van der Waals surface area (Å²) in [7, 11) is -0.409. The van der Waals surface area contributed by atoms with E-state index in [1.54, 1.807) is 0 Å². The predicted octanol–water partition coefficient (Wildman–Crippen LogP) is 8.50. The Hall–Kier alpha value is -3.86. The predicted molar refractivity (Wildman–Crippen MR) is 159 cm³/mol. The van der Waals surface area contributed by atoms with Crippen LogP contribution in [0.15, 0.2) is 95.4 Å². The average Bonchev–Trinajstić information content (AvgIpc) is 3.38. The second-order valence-corrected chi connectivity index (χ2v) is 11.6. The first kappa shape index (κ1) is 22.2. The van der Waals surface area contributed by atoms with Crippen molar-refractivity contribution in [3.63, 3.8) is 0 Å². The number of furan rings is 1. The standard InChI is InChI=1S/C34H27BO3/c1-33(2)34(3,4)38-35(37-33)22-13-14-31-29(17-22)30-18-27-24-12-8-7-11-23(24)25-15-20-9-5-6-10-21(20)16-26(25)28(27)19-32(30)36-31/h5-19H,1-4H3. The third kappa shape index (κ3) is 2.99. The van der Waals surface area contributed by atoms with Gasteiger partial charge in [0.2, 0.25) is 0 Å². The Balaban J connectivity index is 1.42. The molecule has 0 N–H and O–H groups in total. The van der Waals surface area contributed by atoms with Crippen LogP contribution < -0.4 is 5.46 Å². The molecular weight excluding hydrogens is 467 g/mol. The molecule has 0 amide bonds. The Morgan fingerprint density at radius 3 is 1.66 bits per heavy atom. The monoisotopic (exact) mass is 494 g/mol. The molecule has 38 heavy (non-hydrogen) atoms. The minimum absolute atomic E-state index is 0.383. The van der Waals surface area contributed by atoms with Crippen LogP contribution in [-0.2, 0) is 9.31 Å². The van der Waals surface area contributed by atoms with Gasteiger partial charge in [-0.25, -0.2) is 0 Å². The summed E-state index contributed by atoms with van der Waals surface area (Å²) in [4.78, 5) is 0. The van der Waals surface area contributed by atoms with Crippen molar-refractivity contribution in [2.75, 3.05) is 0 Å². The highest BCUT2D eigenvalue weighted by Gasteiger charge is 2.51. The van der Waals surface area contributed by atoms with E-state index in [1.165, 1.54) is 43.1 Å². The molecule has 2 heterocycles. The molecule has 4 heteroatoms. The summed E-state index contributed by atoms with van der Waals surface area (Å²) in [5.41, 5.74) is 2.00. The summed E-state index contributed by atoms with van der Waals surface area (Å²) in [5, 5.41) is 12.2. The Morgan fingerprint density at radius 1 is 0.474 bits per heavy atom. The van der Waals surface area contributed by atoms with Crippen molar-refractivity contribution >= 4 is 77.6 Å². The van der Waals surface area contributed by atoms with Gasteiger partial charge in [-0.1, -0.05) is 60.7 Å². The third-order valence-corrected chi connectivity index (χ3v) is 8.84. The maximum absolute atomic E-state index is 6.43. The van der Waals surface area contributed by atoms with Crippen LogP contribution in [0.1, 0.15) is 27.7 Å². The van der Waals surface area contributed by atoms with Crippen LogP contribution in [0.2, 0.25) is 0 Å². The van der Waals surface area contributed by atoms with E-state index in [2.05, 4.69) is 113 Å². The van der Waals surface area contributed by atoms with E-state index in [-0.39, 0.29) is 11.2 Å². The number of benzene rings is 6. The van der Waals surface area contributed by atoms with Crippen molar-refractivity contribution in [1.82, 2.24) is 0 Å². The first-order valence-corrected chi connectivity index (χ1v) is 13.3. The number of hydrogen-bond acceptors (Lipinski definition) is 3. The van der Waals surface area contributed by atoms with Gasteiger partial charge in [0.1, 0.15) is 11.2 Å². The first-order chi connectivity index (χ1) is 18.3. The smallest absolute Gasteiger partial charge is 0.456 e.